The molecule has 0 radical (unpaired) electrons. The highest BCUT2D eigenvalue weighted by molar-refractivity contribution is 5.85. The summed E-state index contributed by atoms with van der Waals surface area (Å²) in [5.41, 5.74) is 19.3. The Kier molecular flexibility index (Phi) is 102. The molecule has 0 bridgehead atoms. The third-order valence-electron chi connectivity index (χ3n) is 33.2. The molecule has 14 N–H and O–H groups in total. The van der Waals surface area contributed by atoms with Crippen molar-refractivity contribution in [2.45, 2.75) is 689 Å². The van der Waals surface area contributed by atoms with Crippen molar-refractivity contribution in [3.05, 3.63) is 0 Å². The smallest absolute Gasteiger partial charge is 0.306 e. The highest BCUT2D eigenvalue weighted by atomic mass is 16.4. The molecule has 0 aromatic carbocycles. The van der Waals surface area contributed by atoms with Crippen LogP contribution in [-0.2, 0) is 43.2 Å². The lowest BCUT2D eigenvalue weighted by Gasteiger charge is -2.20. The predicted octanol–water partition coefficient (Wildman–Crippen LogP) is 32.9. The van der Waals surface area contributed by atoms with Gasteiger partial charge in [-0.3, -0.25) is 76.3 Å². The Hall–Kier alpha value is -4.89. The molecule has 21 heteroatoms. The Morgan fingerprint density at radius 1 is 0.240 bits per heavy atom. The zero-order valence-corrected chi connectivity index (χ0v) is 96.3. The maximum absolute atomic E-state index is 14.4. The Morgan fingerprint density at radius 2 is 0.404 bits per heavy atom. The number of carbonyl (C=O) groups is 9. The second kappa shape index (κ2) is 107. The van der Waals surface area contributed by atoms with Crippen molar-refractivity contribution in [1.29, 1.82) is 0 Å². The first-order valence-corrected chi connectivity index (χ1v) is 64.2. The summed E-state index contributed by atoms with van der Waals surface area (Å²) < 4.78 is 0. The van der Waals surface area contributed by atoms with Crippen LogP contribution in [0.15, 0.2) is 0 Å². The summed E-state index contributed by atoms with van der Waals surface area (Å²) in [4.78, 5) is 120. The standard InChI is InChI=1S/C125H242N10O11/c1-5-9-13-17-20-39-57-72-90-108(117(136)129-126)91-73-58-46-36-48-63-83-101-114-102-84-64-49-37-47-59-74-92-109(118(137)130-127)93-75-65-50-51-66-76-94-110(119(138)131-128)95-77-67-52-53-68-85-103-112(97-79-56-38-18-14-10-6-2)121(140)133-132-120(139)111(96-78-55-19-15-11-7-3)98-80-60-40-30-24-22-28-34-44-70-88-106-116(125(145)146)107-89-71-45-35-29-23-26-32-42-62-82-100-113(122(141)134-135-123(114)142)99-81-61-41-31-25-21-27-33-43-69-87-105-115(124(143)144)104-86-54-16-12-8-4/h108-116H,5-107,126-128H2,1-4H3,(H,129,136)(H,130,137)(H,131,138)(H,132,139)(H,133,140)(H,134,141)(H,135,142)(H,143,144)(H,145,146)/p-1. The van der Waals surface area contributed by atoms with Gasteiger partial charge in [-0.2, -0.15) is 0 Å². The van der Waals surface area contributed by atoms with E-state index in [2.05, 4.69) is 65.7 Å². The van der Waals surface area contributed by atoms with E-state index in [-0.39, 0.29) is 94.6 Å². The van der Waals surface area contributed by atoms with Gasteiger partial charge >= 0.3 is 5.97 Å². The summed E-state index contributed by atoms with van der Waals surface area (Å²) in [7, 11) is 0. The third kappa shape index (κ3) is 86.5. The van der Waals surface area contributed by atoms with Gasteiger partial charge in [-0.05, 0) is 121 Å². The highest BCUT2D eigenvalue weighted by Crippen LogP contribution is 2.32. The largest absolute Gasteiger partial charge is 0.550 e. The Balaban J connectivity index is 3.20. The van der Waals surface area contributed by atoms with Crippen molar-refractivity contribution in [3.63, 3.8) is 0 Å². The number of rotatable bonds is 59. The highest BCUT2D eigenvalue weighted by Gasteiger charge is 2.27. The van der Waals surface area contributed by atoms with E-state index in [1.807, 2.05) is 0 Å². The third-order valence-corrected chi connectivity index (χ3v) is 33.2. The van der Waals surface area contributed by atoms with E-state index in [0.717, 1.165) is 430 Å². The van der Waals surface area contributed by atoms with E-state index in [4.69, 9.17) is 17.5 Å². The maximum atomic E-state index is 14.4. The lowest BCUT2D eigenvalue weighted by molar-refractivity contribution is -0.312. The molecule has 1 heterocycles. The summed E-state index contributed by atoms with van der Waals surface area (Å²) >= 11 is 0. The minimum absolute atomic E-state index is 0.0179. The first-order chi connectivity index (χ1) is 71.5. The summed E-state index contributed by atoms with van der Waals surface area (Å²) in [6.45, 7) is 8.95. The summed E-state index contributed by atoms with van der Waals surface area (Å²) in [5.74, 6) is 14.0. The minimum atomic E-state index is -0.870. The Labute approximate surface area is 899 Å². The van der Waals surface area contributed by atoms with Crippen molar-refractivity contribution in [3.8, 4) is 0 Å². The fourth-order valence-corrected chi connectivity index (χ4v) is 23.1. The van der Waals surface area contributed by atoms with Gasteiger partial charge < -0.3 is 15.0 Å². The average molecular weight is 2060 g/mol. The number of hydrogen-bond donors (Lipinski definition) is 11. The van der Waals surface area contributed by atoms with Gasteiger partial charge in [0.05, 0.1) is 5.92 Å². The monoisotopic (exact) mass is 2060 g/mol. The van der Waals surface area contributed by atoms with Crippen LogP contribution in [-0.4, -0.2) is 58.4 Å². The summed E-state index contributed by atoms with van der Waals surface area (Å²) in [6.07, 6.45) is 111. The lowest BCUT2D eigenvalue weighted by Crippen LogP contribution is -2.47. The molecule has 0 aromatic heterocycles. The number of hydrazine groups is 5. The zero-order chi connectivity index (χ0) is 106. The zero-order valence-electron chi connectivity index (χ0n) is 96.3. The molecule has 1 aliphatic heterocycles. The summed E-state index contributed by atoms with van der Waals surface area (Å²) in [6, 6.07) is 0. The van der Waals surface area contributed by atoms with E-state index in [1.165, 1.54) is 231 Å². The van der Waals surface area contributed by atoms with Gasteiger partial charge in [0.2, 0.25) is 41.4 Å². The number of aliphatic carboxylic acids is 2. The average Bonchev–Trinajstić information content (AvgIpc) is 0.912. The van der Waals surface area contributed by atoms with E-state index < -0.39 is 11.9 Å². The topological polar surface area (TPSA) is 359 Å². The van der Waals surface area contributed by atoms with Gasteiger partial charge in [-0.25, -0.2) is 17.5 Å². The van der Waals surface area contributed by atoms with Gasteiger partial charge in [-0.1, -0.05) is 573 Å². The van der Waals surface area contributed by atoms with Crippen molar-refractivity contribution in [2.24, 2.45) is 70.8 Å². The van der Waals surface area contributed by atoms with Crippen LogP contribution >= 0.6 is 0 Å². The molecular weight excluding hydrogens is 1820 g/mol. The van der Waals surface area contributed by atoms with Gasteiger partial charge in [-0.15, -0.1) is 0 Å². The lowest BCUT2D eigenvalue weighted by atomic mass is 9.92. The summed E-state index contributed by atoms with van der Waals surface area (Å²) in [5, 5.41) is 22.0. The quantitative estimate of drug-likeness (QED) is 0.0117. The van der Waals surface area contributed by atoms with Gasteiger partial charge in [0.1, 0.15) is 0 Å². The fraction of sp³-hybridized carbons (Fsp3) is 0.928. The molecule has 858 valence electrons. The molecule has 0 aromatic rings. The number of nitrogens with two attached hydrogens (primary N) is 3. The van der Waals surface area contributed by atoms with Crippen molar-refractivity contribution in [2.75, 3.05) is 0 Å². The van der Waals surface area contributed by atoms with Crippen LogP contribution in [0.5, 0.6) is 0 Å². The maximum Gasteiger partial charge on any atom is 0.306 e. The number of carboxylic acid groups (broad SMARTS) is 2. The van der Waals surface area contributed by atoms with Crippen LogP contribution in [0, 0.1) is 53.3 Å². The second-order valence-electron chi connectivity index (χ2n) is 46.2. The van der Waals surface area contributed by atoms with Gasteiger partial charge in [0.15, 0.2) is 0 Å². The SMILES string of the molecule is CCCCCCCCCCC(CCCCCCCCCC1CCCCCCCCCC(C(=O)NN)CCCCCCCCC(C(=O)NN)CCCCCCCCC(CCCCCCCCC)C(=O)NNC(=O)C(CCCCCCCC)CCCCCCCCCCCCCC(C(=O)O)CCCCCCCCCCCCCC(CCCCCCCCCCCCCC(CCCCCCC)C(=O)[O-])C(=O)NNC1=O)C(=O)NN. The van der Waals surface area contributed by atoms with Crippen molar-refractivity contribution >= 4 is 53.3 Å². The molecule has 0 spiro atoms. The molecular formula is C125H241N10O11-. The number of amides is 7. The van der Waals surface area contributed by atoms with E-state index >= 15 is 0 Å². The molecule has 146 heavy (non-hydrogen) atoms. The molecule has 7 amide bonds. The molecule has 1 aliphatic rings. The van der Waals surface area contributed by atoms with E-state index in [1.54, 1.807) is 0 Å². The van der Waals surface area contributed by atoms with Crippen molar-refractivity contribution in [1.82, 2.24) is 38.0 Å². The van der Waals surface area contributed by atoms with Crippen LogP contribution in [0.3, 0.4) is 0 Å². The Morgan fingerprint density at radius 3 is 0.582 bits per heavy atom. The fourth-order valence-electron chi connectivity index (χ4n) is 23.1. The Bertz CT molecular complexity index is 2970. The first kappa shape index (κ1) is 139. The molecule has 0 saturated carbocycles. The van der Waals surface area contributed by atoms with Crippen molar-refractivity contribution < 1.29 is 53.4 Å². The number of hydrogen-bond acceptors (Lipinski definition) is 13. The number of nitrogens with one attached hydrogen (secondary N) is 7. The van der Waals surface area contributed by atoms with Crippen LogP contribution in [0.25, 0.3) is 0 Å². The molecule has 1 saturated heterocycles. The van der Waals surface area contributed by atoms with Crippen LogP contribution < -0.4 is 60.6 Å². The molecule has 9 atom stereocenters. The van der Waals surface area contributed by atoms with Crippen LogP contribution in [0.1, 0.15) is 689 Å². The molecule has 1 rings (SSSR count). The second-order valence-corrected chi connectivity index (χ2v) is 46.2. The molecule has 0 aliphatic carbocycles. The number of carboxylic acids is 2. The number of carbonyl (C=O) groups excluding carboxylic acids is 8. The molecule has 9 unspecified atom stereocenters. The van der Waals surface area contributed by atoms with E-state index in [0.29, 0.717) is 0 Å². The van der Waals surface area contributed by atoms with Crippen LogP contribution in [0.4, 0.5) is 0 Å². The minimum Gasteiger partial charge on any atom is -0.550 e. The first-order valence-electron chi connectivity index (χ1n) is 64.2. The predicted molar refractivity (Wildman–Crippen MR) is 612 cm³/mol. The molecule has 1 fully saturated rings. The van der Waals surface area contributed by atoms with Gasteiger partial charge in [0, 0.05) is 47.4 Å². The van der Waals surface area contributed by atoms with Crippen LogP contribution in [0.2, 0.25) is 0 Å². The number of unbranched alkanes of at least 4 members (excludes halogenated alkanes) is 38. The van der Waals surface area contributed by atoms with E-state index in [9.17, 15) is 53.4 Å². The van der Waals surface area contributed by atoms with Gasteiger partial charge in [0.25, 0.3) is 0 Å². The normalized spacial score (nSPS) is 21.1. The molecule has 21 nitrogen and oxygen atoms in total.